The van der Waals surface area contributed by atoms with Gasteiger partial charge in [0, 0.05) is 5.56 Å². The molecule has 1 heterocycles. The van der Waals surface area contributed by atoms with Gasteiger partial charge in [0.1, 0.15) is 0 Å². The molecule has 2 rings (SSSR count). The molecule has 0 N–H and O–H groups in total. The van der Waals surface area contributed by atoms with E-state index in [1.54, 1.807) is 25.1 Å². The first kappa shape index (κ1) is 14.1. The third-order valence-corrected chi connectivity index (χ3v) is 5.04. The summed E-state index contributed by atoms with van der Waals surface area (Å²) in [5.41, 5.74) is -0.0612. The fourth-order valence-corrected chi connectivity index (χ4v) is 3.17. The van der Waals surface area contributed by atoms with Crippen molar-refractivity contribution in [2.45, 2.75) is 36.2 Å². The van der Waals surface area contributed by atoms with Crippen molar-refractivity contribution in [2.75, 3.05) is 0 Å². The maximum absolute atomic E-state index is 13.3. The Morgan fingerprint density at radius 1 is 1.17 bits per heavy atom. The summed E-state index contributed by atoms with van der Waals surface area (Å²) < 4.78 is 43.1. The molecule has 1 nitrogen and oxygen atoms in total. The molecular weight excluding hydrogens is 356 g/mol. The Morgan fingerprint density at radius 3 is 2.11 bits per heavy atom. The summed E-state index contributed by atoms with van der Waals surface area (Å²) >= 11 is 1.37. The Kier molecular flexibility index (Phi) is 3.21. The molecule has 1 aliphatic rings. The second-order valence-electron chi connectivity index (χ2n) is 5.00. The molecule has 0 spiro atoms. The van der Waals surface area contributed by atoms with E-state index >= 15 is 0 Å². The van der Waals surface area contributed by atoms with E-state index in [0.29, 0.717) is 5.56 Å². The maximum atomic E-state index is 13.3. The van der Waals surface area contributed by atoms with Gasteiger partial charge in [0.05, 0.1) is 5.60 Å². The standard InChI is InChI=1S/C13H14F3IO/c1-8(2)11(3)9-6-4-5-7-10(9)12(17,18-11)13(14,15)16/h4-8H,1-3H3. The van der Waals surface area contributed by atoms with E-state index in [4.69, 9.17) is 4.74 Å². The fraction of sp³-hybridized carbons (Fsp3) is 0.538. The van der Waals surface area contributed by atoms with Crippen molar-refractivity contribution in [1.82, 2.24) is 0 Å². The van der Waals surface area contributed by atoms with Crippen molar-refractivity contribution in [2.24, 2.45) is 5.92 Å². The molecule has 0 aliphatic carbocycles. The number of alkyl halides is 4. The van der Waals surface area contributed by atoms with Crippen LogP contribution in [0.4, 0.5) is 13.2 Å². The topological polar surface area (TPSA) is 9.23 Å². The van der Waals surface area contributed by atoms with Crippen LogP contribution in [0.25, 0.3) is 0 Å². The molecule has 0 saturated heterocycles. The third-order valence-electron chi connectivity index (χ3n) is 3.63. The molecule has 5 heteroatoms. The van der Waals surface area contributed by atoms with Gasteiger partial charge in [-0.15, -0.1) is 0 Å². The fourth-order valence-electron chi connectivity index (χ4n) is 2.24. The number of halogens is 4. The van der Waals surface area contributed by atoms with Crippen LogP contribution in [0.5, 0.6) is 0 Å². The van der Waals surface area contributed by atoms with Crippen LogP contribution >= 0.6 is 22.6 Å². The molecule has 0 bridgehead atoms. The average molecular weight is 370 g/mol. The van der Waals surface area contributed by atoms with Gasteiger partial charge in [-0.25, -0.2) is 0 Å². The Hall–Kier alpha value is -0.300. The van der Waals surface area contributed by atoms with Gasteiger partial charge in [-0.3, -0.25) is 0 Å². The number of ether oxygens (including phenoxy) is 1. The SMILES string of the molecule is CC(C)C1(C)OC(I)(C(F)(F)F)c2ccccc21. The van der Waals surface area contributed by atoms with Gasteiger partial charge in [-0.2, -0.15) is 13.2 Å². The number of hydrogen-bond donors (Lipinski definition) is 0. The Morgan fingerprint density at radius 2 is 1.67 bits per heavy atom. The first-order valence-electron chi connectivity index (χ1n) is 5.68. The summed E-state index contributed by atoms with van der Waals surface area (Å²) in [4.78, 5) is 0. The minimum atomic E-state index is -4.43. The van der Waals surface area contributed by atoms with Crippen LogP contribution in [0.1, 0.15) is 31.9 Å². The van der Waals surface area contributed by atoms with E-state index in [1.165, 1.54) is 28.7 Å². The van der Waals surface area contributed by atoms with Crippen molar-refractivity contribution < 1.29 is 17.9 Å². The second kappa shape index (κ2) is 4.10. The first-order valence-corrected chi connectivity index (χ1v) is 6.76. The summed E-state index contributed by atoms with van der Waals surface area (Å²) in [7, 11) is 0. The molecule has 1 aliphatic heterocycles. The summed E-state index contributed by atoms with van der Waals surface area (Å²) in [6, 6.07) is 6.60. The van der Waals surface area contributed by atoms with Crippen LogP contribution in [-0.2, 0) is 13.9 Å². The lowest BCUT2D eigenvalue weighted by Crippen LogP contribution is -2.40. The molecular formula is C13H14F3IO. The molecule has 2 atom stereocenters. The molecule has 100 valence electrons. The zero-order valence-electron chi connectivity index (χ0n) is 10.3. The highest BCUT2D eigenvalue weighted by Gasteiger charge is 2.64. The molecule has 0 amide bonds. The highest BCUT2D eigenvalue weighted by Crippen LogP contribution is 2.60. The van der Waals surface area contributed by atoms with Crippen LogP contribution < -0.4 is 0 Å². The third kappa shape index (κ3) is 1.78. The number of fused-ring (bicyclic) bond motifs is 1. The van der Waals surface area contributed by atoms with Gasteiger partial charge in [-0.1, -0.05) is 38.1 Å². The highest BCUT2D eigenvalue weighted by atomic mass is 127. The summed E-state index contributed by atoms with van der Waals surface area (Å²) in [5.74, 6) is -0.0439. The van der Waals surface area contributed by atoms with E-state index in [0.717, 1.165) is 0 Å². The lowest BCUT2D eigenvalue weighted by Gasteiger charge is -2.33. The van der Waals surface area contributed by atoms with Gasteiger partial charge >= 0.3 is 6.18 Å². The maximum Gasteiger partial charge on any atom is 0.431 e. The van der Waals surface area contributed by atoms with Crippen LogP contribution in [0, 0.1) is 5.92 Å². The van der Waals surface area contributed by atoms with Crippen LogP contribution in [0.15, 0.2) is 24.3 Å². The van der Waals surface area contributed by atoms with E-state index in [1.807, 2.05) is 13.8 Å². The smallest absolute Gasteiger partial charge is 0.340 e. The average Bonchev–Trinajstić information content (AvgIpc) is 2.51. The van der Waals surface area contributed by atoms with E-state index in [-0.39, 0.29) is 11.5 Å². The van der Waals surface area contributed by atoms with Gasteiger partial charge < -0.3 is 4.74 Å². The predicted molar refractivity (Wildman–Crippen MR) is 71.5 cm³/mol. The van der Waals surface area contributed by atoms with Gasteiger partial charge in [-0.05, 0) is 41.0 Å². The van der Waals surface area contributed by atoms with Crippen molar-refractivity contribution in [1.29, 1.82) is 0 Å². The van der Waals surface area contributed by atoms with Crippen molar-refractivity contribution >= 4 is 22.6 Å². The Balaban J connectivity index is 2.67. The number of rotatable bonds is 1. The van der Waals surface area contributed by atoms with Gasteiger partial charge in [0.25, 0.3) is 0 Å². The lowest BCUT2D eigenvalue weighted by molar-refractivity contribution is -0.261. The lowest BCUT2D eigenvalue weighted by atomic mass is 9.84. The zero-order chi connectivity index (χ0) is 13.8. The van der Waals surface area contributed by atoms with Crippen LogP contribution in [0.2, 0.25) is 0 Å². The number of benzene rings is 1. The normalized spacial score (nSPS) is 31.8. The second-order valence-corrected chi connectivity index (χ2v) is 6.52. The van der Waals surface area contributed by atoms with Gasteiger partial charge in [0.15, 0.2) is 0 Å². The van der Waals surface area contributed by atoms with E-state index in [2.05, 4.69) is 0 Å². The predicted octanol–water partition coefficient (Wildman–Crippen LogP) is 4.74. The molecule has 0 aromatic heterocycles. The van der Waals surface area contributed by atoms with E-state index in [9.17, 15) is 13.2 Å². The minimum Gasteiger partial charge on any atom is -0.340 e. The summed E-state index contributed by atoms with van der Waals surface area (Å²) in [6.07, 6.45) is -4.43. The molecule has 18 heavy (non-hydrogen) atoms. The zero-order valence-corrected chi connectivity index (χ0v) is 12.5. The van der Waals surface area contributed by atoms with Gasteiger partial charge in [0.2, 0.25) is 3.61 Å². The summed E-state index contributed by atoms with van der Waals surface area (Å²) in [6.45, 7) is 5.47. The van der Waals surface area contributed by atoms with E-state index < -0.39 is 15.4 Å². The van der Waals surface area contributed by atoms with Crippen LogP contribution in [0.3, 0.4) is 0 Å². The molecule has 1 aromatic carbocycles. The Bertz CT molecular complexity index is 472. The van der Waals surface area contributed by atoms with Crippen molar-refractivity contribution in [3.63, 3.8) is 0 Å². The molecule has 2 unspecified atom stereocenters. The summed E-state index contributed by atoms with van der Waals surface area (Å²) in [5, 5.41) is 0. The molecule has 0 radical (unpaired) electrons. The molecule has 0 fully saturated rings. The molecule has 1 aromatic rings. The van der Waals surface area contributed by atoms with Crippen LogP contribution in [-0.4, -0.2) is 6.18 Å². The minimum absolute atomic E-state index is 0.0439. The van der Waals surface area contributed by atoms with Crippen molar-refractivity contribution in [3.05, 3.63) is 35.4 Å². The Labute approximate surface area is 118 Å². The largest absolute Gasteiger partial charge is 0.431 e. The number of hydrogen-bond acceptors (Lipinski definition) is 1. The monoisotopic (exact) mass is 370 g/mol. The quantitative estimate of drug-likeness (QED) is 0.513. The highest BCUT2D eigenvalue weighted by molar-refractivity contribution is 14.1. The molecule has 0 saturated carbocycles. The first-order chi connectivity index (χ1) is 8.13. The van der Waals surface area contributed by atoms with Crippen molar-refractivity contribution in [3.8, 4) is 0 Å².